The second-order valence-electron chi connectivity index (χ2n) is 15.1. The summed E-state index contributed by atoms with van der Waals surface area (Å²) in [4.78, 5) is 39.0. The quantitative estimate of drug-likeness (QED) is 0.328. The van der Waals surface area contributed by atoms with Crippen molar-refractivity contribution in [3.63, 3.8) is 0 Å². The minimum absolute atomic E-state index is 0.0285. The third kappa shape index (κ3) is 3.37. The van der Waals surface area contributed by atoms with Gasteiger partial charge >= 0.3 is 11.9 Å². The first-order chi connectivity index (χ1) is 16.9. The molecule has 5 nitrogen and oxygen atoms in total. The molecule has 5 rings (SSSR count). The number of esters is 1. The molecule has 37 heavy (non-hydrogen) atoms. The topological polar surface area (TPSA) is 80.7 Å². The van der Waals surface area contributed by atoms with E-state index in [1.165, 1.54) is 12.5 Å². The zero-order chi connectivity index (χ0) is 27.4. The van der Waals surface area contributed by atoms with Gasteiger partial charge in [-0.15, -0.1) is 0 Å². The highest BCUT2D eigenvalue weighted by atomic mass is 16.5. The summed E-state index contributed by atoms with van der Waals surface area (Å²) in [5.41, 5.74) is -0.636. The molecule has 0 aliphatic heterocycles. The van der Waals surface area contributed by atoms with Gasteiger partial charge in [0.25, 0.3) is 0 Å². The first kappa shape index (κ1) is 26.7. The van der Waals surface area contributed by atoms with Gasteiger partial charge in [0.2, 0.25) is 0 Å². The molecule has 0 aromatic heterocycles. The van der Waals surface area contributed by atoms with Gasteiger partial charge in [0, 0.05) is 18.3 Å². The molecule has 0 saturated heterocycles. The fourth-order valence-electron chi connectivity index (χ4n) is 10.2. The highest BCUT2D eigenvalue weighted by Gasteiger charge is 2.71. The van der Waals surface area contributed by atoms with Crippen LogP contribution < -0.4 is 0 Å². The molecule has 0 amide bonds. The second-order valence-corrected chi connectivity index (χ2v) is 15.1. The summed E-state index contributed by atoms with van der Waals surface area (Å²) in [6, 6.07) is 0. The molecule has 5 heteroatoms. The maximum atomic E-state index is 14.5. The van der Waals surface area contributed by atoms with Crippen LogP contribution in [0.5, 0.6) is 0 Å². The van der Waals surface area contributed by atoms with Crippen molar-refractivity contribution in [1.82, 2.24) is 0 Å². The van der Waals surface area contributed by atoms with Crippen LogP contribution in [0.25, 0.3) is 0 Å². The maximum Gasteiger partial charge on any atom is 0.309 e. The van der Waals surface area contributed by atoms with E-state index in [9.17, 15) is 19.5 Å². The summed E-state index contributed by atoms with van der Waals surface area (Å²) >= 11 is 0. The Kier molecular flexibility index (Phi) is 5.64. The number of carbonyl (C=O) groups is 3. The molecule has 0 aromatic carbocycles. The molecule has 9 atom stereocenters. The van der Waals surface area contributed by atoms with Crippen molar-refractivity contribution >= 4 is 17.7 Å². The molecule has 5 aliphatic rings. The lowest BCUT2D eigenvalue weighted by Crippen LogP contribution is -2.67. The van der Waals surface area contributed by atoms with Crippen LogP contribution in [0.3, 0.4) is 0 Å². The fourth-order valence-corrected chi connectivity index (χ4v) is 10.2. The summed E-state index contributed by atoms with van der Waals surface area (Å²) < 4.78 is 5.96. The molecule has 0 spiro atoms. The van der Waals surface area contributed by atoms with Crippen molar-refractivity contribution in [1.29, 1.82) is 0 Å². The molecule has 3 saturated carbocycles. The van der Waals surface area contributed by atoms with Gasteiger partial charge in [-0.25, -0.2) is 0 Å². The van der Waals surface area contributed by atoms with Crippen molar-refractivity contribution in [2.45, 2.75) is 106 Å². The Bertz CT molecular complexity index is 1120. The van der Waals surface area contributed by atoms with Gasteiger partial charge in [0.15, 0.2) is 5.78 Å². The van der Waals surface area contributed by atoms with E-state index in [4.69, 9.17) is 4.74 Å². The van der Waals surface area contributed by atoms with E-state index < -0.39 is 22.9 Å². The van der Waals surface area contributed by atoms with Gasteiger partial charge in [-0.3, -0.25) is 14.4 Å². The van der Waals surface area contributed by atoms with E-state index in [2.05, 4.69) is 47.6 Å². The molecule has 0 radical (unpaired) electrons. The lowest BCUT2D eigenvalue weighted by atomic mass is 9.33. The average molecular weight is 511 g/mol. The Labute approximate surface area is 222 Å². The number of fused-ring (bicyclic) bond motifs is 7. The fraction of sp³-hybridized carbons (Fsp3) is 0.781. The highest BCUT2D eigenvalue weighted by Crippen LogP contribution is 2.74. The van der Waals surface area contributed by atoms with Gasteiger partial charge in [-0.2, -0.15) is 0 Å². The van der Waals surface area contributed by atoms with Crippen molar-refractivity contribution < 1.29 is 24.2 Å². The largest absolute Gasteiger partial charge is 0.481 e. The number of hydrogen-bond donors (Lipinski definition) is 1. The Morgan fingerprint density at radius 1 is 0.973 bits per heavy atom. The van der Waals surface area contributed by atoms with E-state index in [1.807, 2.05) is 19.1 Å². The minimum Gasteiger partial charge on any atom is -0.481 e. The Balaban J connectivity index is 1.66. The zero-order valence-corrected chi connectivity index (χ0v) is 24.1. The van der Waals surface area contributed by atoms with E-state index in [0.717, 1.165) is 32.1 Å². The van der Waals surface area contributed by atoms with Gasteiger partial charge in [-0.1, -0.05) is 53.2 Å². The van der Waals surface area contributed by atoms with Crippen LogP contribution >= 0.6 is 0 Å². The Hall–Kier alpha value is -1.91. The first-order valence-electron chi connectivity index (χ1n) is 14.3. The number of aliphatic carboxylic acids is 1. The minimum atomic E-state index is -0.758. The highest BCUT2D eigenvalue weighted by molar-refractivity contribution is 5.96. The average Bonchev–Trinajstić information content (AvgIpc) is 2.78. The van der Waals surface area contributed by atoms with Crippen molar-refractivity contribution in [2.24, 2.45) is 50.2 Å². The normalized spacial score (nSPS) is 50.1. The molecule has 0 aromatic rings. The molecule has 5 aliphatic carbocycles. The predicted molar refractivity (Wildman–Crippen MR) is 143 cm³/mol. The van der Waals surface area contributed by atoms with Crippen molar-refractivity contribution in [2.75, 3.05) is 0 Å². The van der Waals surface area contributed by atoms with Crippen LogP contribution in [0.15, 0.2) is 23.8 Å². The monoisotopic (exact) mass is 510 g/mol. The van der Waals surface area contributed by atoms with E-state index in [-0.39, 0.29) is 51.2 Å². The SMILES string of the molecule is CC(=O)O[C@H]1C=CC(C)(C)C2CC[C@]3(C)C(C(=O)C=C4C5C[C@@](C)(C(=O)O)CC[C@]5(C)CC[C@]43C)[C@]21C. The number of rotatable bonds is 2. The third-order valence-electron chi connectivity index (χ3n) is 12.8. The molecule has 0 bridgehead atoms. The third-order valence-corrected chi connectivity index (χ3v) is 12.8. The standard InChI is InChI=1S/C32H46O5/c1-19(33)37-24-10-11-27(2,3)23-9-12-31(7)25(32(23,24)8)22(34)17-20-21-18-29(5,26(35)36)14-13-28(21,4)15-16-30(20,31)6/h10-11,17,21,23-25H,9,12-16,18H2,1-8H3,(H,35,36)/t21?,23?,24-,25?,28+,29-,30+,31+,32+/m0/s1. The number of carbonyl (C=O) groups excluding carboxylic acids is 2. The summed E-state index contributed by atoms with van der Waals surface area (Å²) in [7, 11) is 0. The van der Waals surface area contributed by atoms with Crippen LogP contribution in [0.2, 0.25) is 0 Å². The molecular formula is C32H46O5. The number of ketones is 1. The number of ether oxygens (including phenoxy) is 1. The lowest BCUT2D eigenvalue weighted by Gasteiger charge is -2.70. The van der Waals surface area contributed by atoms with Crippen LogP contribution in [-0.4, -0.2) is 28.9 Å². The molecule has 204 valence electrons. The van der Waals surface area contributed by atoms with Crippen molar-refractivity contribution in [3.05, 3.63) is 23.8 Å². The summed E-state index contributed by atoms with van der Waals surface area (Å²) in [6.45, 7) is 17.0. The number of hydrogen-bond acceptors (Lipinski definition) is 4. The Morgan fingerprint density at radius 3 is 2.24 bits per heavy atom. The number of carboxylic acid groups (broad SMARTS) is 1. The second kappa shape index (κ2) is 7.82. The van der Waals surface area contributed by atoms with Crippen LogP contribution in [0.4, 0.5) is 0 Å². The molecule has 1 N–H and O–H groups in total. The summed E-state index contributed by atoms with van der Waals surface area (Å²) in [6.07, 6.45) is 11.9. The molecular weight excluding hydrogens is 464 g/mol. The van der Waals surface area contributed by atoms with Gasteiger partial charge in [-0.05, 0) is 97.5 Å². The summed E-state index contributed by atoms with van der Waals surface area (Å²) in [5, 5.41) is 10.1. The molecule has 3 unspecified atom stereocenters. The summed E-state index contributed by atoms with van der Waals surface area (Å²) in [5.74, 6) is -0.829. The molecule has 3 fully saturated rings. The Morgan fingerprint density at radius 2 is 1.62 bits per heavy atom. The predicted octanol–water partition coefficient (Wildman–Crippen LogP) is 6.76. The first-order valence-corrected chi connectivity index (χ1v) is 14.3. The zero-order valence-electron chi connectivity index (χ0n) is 24.1. The van der Waals surface area contributed by atoms with E-state index >= 15 is 0 Å². The van der Waals surface area contributed by atoms with E-state index in [0.29, 0.717) is 12.8 Å². The number of carboxylic acids is 1. The van der Waals surface area contributed by atoms with Gasteiger partial charge < -0.3 is 9.84 Å². The smallest absolute Gasteiger partial charge is 0.309 e. The van der Waals surface area contributed by atoms with Crippen LogP contribution in [0.1, 0.15) is 100 Å². The van der Waals surface area contributed by atoms with Gasteiger partial charge in [0.05, 0.1) is 5.41 Å². The van der Waals surface area contributed by atoms with E-state index in [1.54, 1.807) is 0 Å². The van der Waals surface area contributed by atoms with Crippen LogP contribution in [-0.2, 0) is 19.1 Å². The van der Waals surface area contributed by atoms with Gasteiger partial charge in [0.1, 0.15) is 6.10 Å². The number of allylic oxidation sites excluding steroid dienone is 3. The van der Waals surface area contributed by atoms with Crippen molar-refractivity contribution in [3.8, 4) is 0 Å². The lowest BCUT2D eigenvalue weighted by molar-refractivity contribution is -0.202. The molecule has 0 heterocycles. The van der Waals surface area contributed by atoms with Crippen LogP contribution in [0, 0.1) is 50.2 Å². The maximum absolute atomic E-state index is 14.5.